The lowest BCUT2D eigenvalue weighted by Crippen LogP contribution is -2.47. The number of rotatable bonds is 4. The van der Waals surface area contributed by atoms with Crippen molar-refractivity contribution in [3.05, 3.63) is 52.8 Å². The number of nitrogens with zero attached hydrogens (tertiary/aromatic N) is 2. The first kappa shape index (κ1) is 22.1. The number of carbonyl (C=O) groups is 1. The van der Waals surface area contributed by atoms with Crippen LogP contribution in [0.4, 0.5) is 0 Å². The third-order valence-electron chi connectivity index (χ3n) is 6.82. The van der Waals surface area contributed by atoms with Crippen LogP contribution in [0.5, 0.6) is 0 Å². The summed E-state index contributed by atoms with van der Waals surface area (Å²) in [4.78, 5) is 22.5. The number of pyridine rings is 1. The third kappa shape index (κ3) is 4.16. The molecule has 0 saturated carbocycles. The van der Waals surface area contributed by atoms with Gasteiger partial charge in [0.25, 0.3) is 5.91 Å². The Morgan fingerprint density at radius 1 is 1.30 bits per heavy atom. The molecule has 0 radical (unpaired) electrons. The molecule has 1 fully saturated rings. The maximum Gasteiger partial charge on any atom is 0.254 e. The van der Waals surface area contributed by atoms with Crippen LogP contribution in [0.2, 0.25) is 0 Å². The fraction of sp³-hybridized carbons (Fsp3) is 0.462. The van der Waals surface area contributed by atoms with Crippen molar-refractivity contribution in [1.29, 1.82) is 0 Å². The van der Waals surface area contributed by atoms with Gasteiger partial charge in [0, 0.05) is 43.0 Å². The van der Waals surface area contributed by atoms with Crippen LogP contribution in [-0.2, 0) is 28.9 Å². The van der Waals surface area contributed by atoms with Crippen molar-refractivity contribution in [3.63, 3.8) is 0 Å². The SMILES string of the molecule is CCc1c[nH]c2ncc(-c3cc4c(c([C@@H]5COCCN5)c3)CN(C(=O)C(C)(C)O)CC4)cc12. The van der Waals surface area contributed by atoms with Crippen molar-refractivity contribution >= 4 is 16.9 Å². The van der Waals surface area contributed by atoms with Crippen LogP contribution in [0.1, 0.15) is 49.1 Å². The number of nitrogens with one attached hydrogen (secondary N) is 2. The average molecular weight is 449 g/mol. The largest absolute Gasteiger partial charge is 0.381 e. The van der Waals surface area contributed by atoms with E-state index in [-0.39, 0.29) is 11.9 Å². The number of morpholine rings is 1. The number of hydrogen-bond acceptors (Lipinski definition) is 5. The maximum absolute atomic E-state index is 12.8. The Hall–Kier alpha value is -2.74. The zero-order chi connectivity index (χ0) is 23.2. The maximum atomic E-state index is 12.8. The summed E-state index contributed by atoms with van der Waals surface area (Å²) in [5.74, 6) is -0.231. The van der Waals surface area contributed by atoms with Crippen molar-refractivity contribution in [2.75, 3.05) is 26.3 Å². The Kier molecular flexibility index (Phi) is 5.72. The molecule has 4 heterocycles. The first-order valence-corrected chi connectivity index (χ1v) is 11.8. The highest BCUT2D eigenvalue weighted by Gasteiger charge is 2.33. The van der Waals surface area contributed by atoms with Crippen LogP contribution >= 0.6 is 0 Å². The Morgan fingerprint density at radius 2 is 2.15 bits per heavy atom. The van der Waals surface area contributed by atoms with E-state index in [4.69, 9.17) is 4.74 Å². The van der Waals surface area contributed by atoms with Gasteiger partial charge in [0.2, 0.25) is 0 Å². The van der Waals surface area contributed by atoms with Crippen LogP contribution in [0.15, 0.2) is 30.6 Å². The molecule has 2 aromatic heterocycles. The molecule has 0 unspecified atom stereocenters. The lowest BCUT2D eigenvalue weighted by atomic mass is 9.87. The minimum Gasteiger partial charge on any atom is -0.381 e. The minimum absolute atomic E-state index is 0.0693. The van der Waals surface area contributed by atoms with E-state index in [9.17, 15) is 9.90 Å². The van der Waals surface area contributed by atoms with E-state index in [1.165, 1.54) is 16.7 Å². The molecule has 1 atom stereocenters. The van der Waals surface area contributed by atoms with Gasteiger partial charge < -0.3 is 25.0 Å². The Balaban J connectivity index is 1.58. The highest BCUT2D eigenvalue weighted by molar-refractivity contribution is 5.86. The van der Waals surface area contributed by atoms with Crippen LogP contribution < -0.4 is 5.32 Å². The lowest BCUT2D eigenvalue weighted by Gasteiger charge is -2.36. The molecule has 0 bridgehead atoms. The molecule has 5 rings (SSSR count). The van der Waals surface area contributed by atoms with Crippen molar-refractivity contribution in [2.24, 2.45) is 0 Å². The third-order valence-corrected chi connectivity index (χ3v) is 6.82. The number of aromatic nitrogens is 2. The fourth-order valence-corrected chi connectivity index (χ4v) is 5.01. The van der Waals surface area contributed by atoms with E-state index < -0.39 is 5.60 Å². The number of aromatic amines is 1. The van der Waals surface area contributed by atoms with Gasteiger partial charge in [-0.2, -0.15) is 0 Å². The number of ether oxygens (including phenoxy) is 1. The van der Waals surface area contributed by atoms with Gasteiger partial charge in [-0.25, -0.2) is 4.98 Å². The van der Waals surface area contributed by atoms with Gasteiger partial charge in [-0.05, 0) is 66.6 Å². The second-order valence-electron chi connectivity index (χ2n) is 9.61. The van der Waals surface area contributed by atoms with Crippen molar-refractivity contribution in [1.82, 2.24) is 20.2 Å². The highest BCUT2D eigenvalue weighted by atomic mass is 16.5. The summed E-state index contributed by atoms with van der Waals surface area (Å²) in [6.45, 7) is 8.47. The monoisotopic (exact) mass is 448 g/mol. The van der Waals surface area contributed by atoms with Crippen LogP contribution in [0, 0.1) is 0 Å². The van der Waals surface area contributed by atoms with Gasteiger partial charge in [-0.15, -0.1) is 0 Å². The zero-order valence-corrected chi connectivity index (χ0v) is 19.6. The summed E-state index contributed by atoms with van der Waals surface area (Å²) < 4.78 is 5.78. The van der Waals surface area contributed by atoms with E-state index in [1.54, 1.807) is 18.7 Å². The van der Waals surface area contributed by atoms with Crippen molar-refractivity contribution in [2.45, 2.75) is 51.8 Å². The van der Waals surface area contributed by atoms with Crippen LogP contribution in [0.25, 0.3) is 22.2 Å². The normalized spacial score (nSPS) is 19.0. The molecule has 3 aromatic rings. The number of hydrogen-bond donors (Lipinski definition) is 3. The molecule has 0 aliphatic carbocycles. The van der Waals surface area contributed by atoms with Crippen molar-refractivity contribution < 1.29 is 14.6 Å². The molecule has 174 valence electrons. The number of fused-ring (bicyclic) bond motifs is 2. The summed E-state index contributed by atoms with van der Waals surface area (Å²) >= 11 is 0. The Morgan fingerprint density at radius 3 is 2.88 bits per heavy atom. The van der Waals surface area contributed by atoms with Gasteiger partial charge in [-0.3, -0.25) is 4.79 Å². The number of benzene rings is 1. The molecule has 7 nitrogen and oxygen atoms in total. The molecule has 0 spiro atoms. The average Bonchev–Trinajstić information content (AvgIpc) is 3.25. The molecule has 33 heavy (non-hydrogen) atoms. The van der Waals surface area contributed by atoms with E-state index in [2.05, 4.69) is 40.4 Å². The standard InChI is InChI=1S/C26H32N4O3/c1-4-16-12-28-24-20(16)11-19(13-29-24)18-9-17-5-7-30(25(31)26(2,3)32)14-22(17)21(10-18)23-15-33-8-6-27-23/h9-13,23,27,32H,4-8,14-15H2,1-3H3,(H,28,29)/t23-/m0/s1. The van der Waals surface area contributed by atoms with Gasteiger partial charge in [0.1, 0.15) is 11.2 Å². The fourth-order valence-electron chi connectivity index (χ4n) is 5.01. The van der Waals surface area contributed by atoms with Gasteiger partial charge in [0.05, 0.1) is 19.3 Å². The van der Waals surface area contributed by atoms with E-state index in [1.807, 2.05) is 12.4 Å². The summed E-state index contributed by atoms with van der Waals surface area (Å²) in [6, 6.07) is 6.76. The molecule has 1 aromatic carbocycles. The quantitative estimate of drug-likeness (QED) is 0.571. The van der Waals surface area contributed by atoms with Gasteiger partial charge in [0.15, 0.2) is 0 Å². The van der Waals surface area contributed by atoms with Gasteiger partial charge >= 0.3 is 0 Å². The highest BCUT2D eigenvalue weighted by Crippen LogP contribution is 2.35. The van der Waals surface area contributed by atoms with Crippen LogP contribution in [-0.4, -0.2) is 57.8 Å². The van der Waals surface area contributed by atoms with E-state index in [0.29, 0.717) is 26.3 Å². The summed E-state index contributed by atoms with van der Waals surface area (Å²) in [6.07, 6.45) is 5.68. The minimum atomic E-state index is -1.38. The summed E-state index contributed by atoms with van der Waals surface area (Å²) in [7, 11) is 0. The number of H-pyrrole nitrogens is 1. The summed E-state index contributed by atoms with van der Waals surface area (Å²) in [5.41, 5.74) is 6.61. The molecule has 2 aliphatic heterocycles. The van der Waals surface area contributed by atoms with Crippen LogP contribution in [0.3, 0.4) is 0 Å². The van der Waals surface area contributed by atoms with Crippen molar-refractivity contribution in [3.8, 4) is 11.1 Å². The topological polar surface area (TPSA) is 90.5 Å². The first-order valence-electron chi connectivity index (χ1n) is 11.8. The summed E-state index contributed by atoms with van der Waals surface area (Å²) in [5, 5.41) is 15.0. The molecule has 2 aliphatic rings. The second kappa shape index (κ2) is 8.56. The number of aryl methyl sites for hydroxylation is 1. The molecular weight excluding hydrogens is 416 g/mol. The molecule has 3 N–H and O–H groups in total. The molecule has 1 amide bonds. The smallest absolute Gasteiger partial charge is 0.254 e. The molecule has 1 saturated heterocycles. The molecular formula is C26H32N4O3. The zero-order valence-electron chi connectivity index (χ0n) is 19.6. The predicted molar refractivity (Wildman–Crippen MR) is 128 cm³/mol. The number of aliphatic hydroxyl groups is 1. The predicted octanol–water partition coefficient (Wildman–Crippen LogP) is 3.11. The lowest BCUT2D eigenvalue weighted by molar-refractivity contribution is -0.148. The Bertz CT molecular complexity index is 1190. The van der Waals surface area contributed by atoms with E-state index in [0.717, 1.165) is 47.1 Å². The second-order valence-corrected chi connectivity index (χ2v) is 9.61. The van der Waals surface area contributed by atoms with Gasteiger partial charge in [-0.1, -0.05) is 13.0 Å². The van der Waals surface area contributed by atoms with E-state index >= 15 is 0 Å². The molecule has 7 heteroatoms. The number of amides is 1. The Labute approximate surface area is 194 Å². The first-order chi connectivity index (χ1) is 15.8. The number of carbonyl (C=O) groups excluding carboxylic acids is 1.